The van der Waals surface area contributed by atoms with Gasteiger partial charge in [-0.1, -0.05) is 47.4 Å². The molecule has 1 aromatic heterocycles. The van der Waals surface area contributed by atoms with Crippen molar-refractivity contribution in [2.75, 3.05) is 5.32 Å². The fourth-order valence-corrected chi connectivity index (χ4v) is 3.81. The van der Waals surface area contributed by atoms with Gasteiger partial charge in [0.15, 0.2) is 4.34 Å². The first-order valence-electron chi connectivity index (χ1n) is 7.62. The van der Waals surface area contributed by atoms with Crippen molar-refractivity contribution in [2.45, 2.75) is 16.5 Å². The van der Waals surface area contributed by atoms with Crippen molar-refractivity contribution in [1.29, 1.82) is 5.26 Å². The van der Waals surface area contributed by atoms with Gasteiger partial charge in [-0.25, -0.2) is 4.39 Å². The second-order valence-corrected chi connectivity index (χ2v) is 7.52. The Morgan fingerprint density at radius 1 is 1.12 bits per heavy atom. The van der Waals surface area contributed by atoms with E-state index in [1.165, 1.54) is 35.2 Å². The zero-order valence-corrected chi connectivity index (χ0v) is 15.1. The molecular weight excluding hydrogens is 371 g/mol. The molecule has 0 unspecified atom stereocenters. The lowest BCUT2D eigenvalue weighted by molar-refractivity contribution is -0.115. The van der Waals surface area contributed by atoms with Crippen LogP contribution in [0.25, 0.3) is 0 Å². The summed E-state index contributed by atoms with van der Waals surface area (Å²) in [6, 6.07) is 15.2. The molecule has 0 radical (unpaired) electrons. The number of hydrogen-bond donors (Lipinski definition) is 1. The van der Waals surface area contributed by atoms with Crippen LogP contribution in [0.5, 0.6) is 0 Å². The lowest BCUT2D eigenvalue weighted by atomic mass is 10.1. The minimum Gasteiger partial charge on any atom is -0.300 e. The van der Waals surface area contributed by atoms with Crippen LogP contribution >= 0.6 is 23.1 Å². The fraction of sp³-hybridized carbons (Fsp3) is 0.111. The van der Waals surface area contributed by atoms with E-state index < -0.39 is 0 Å². The predicted octanol–water partition coefficient (Wildman–Crippen LogP) is 4.02. The Balaban J connectivity index is 1.51. The maximum atomic E-state index is 12.9. The van der Waals surface area contributed by atoms with Gasteiger partial charge in [0.1, 0.15) is 5.82 Å². The van der Waals surface area contributed by atoms with E-state index in [4.69, 9.17) is 5.26 Å². The minimum atomic E-state index is -0.331. The minimum absolute atomic E-state index is 0.146. The van der Waals surface area contributed by atoms with Crippen LogP contribution in [0.3, 0.4) is 0 Å². The number of hydrogen-bond acceptors (Lipinski definition) is 6. The summed E-state index contributed by atoms with van der Waals surface area (Å²) >= 11 is 2.81. The average molecular weight is 384 g/mol. The molecule has 0 saturated heterocycles. The molecular formula is C18H13FN4OS2. The standard InChI is InChI=1S/C18H13FN4OS2/c19-15-7-5-12(6-8-15)9-16(24)21-17-22-23-18(26-17)25-11-14-3-1-13(10-20)2-4-14/h1-8H,9,11H2,(H,21,22,24). The quantitative estimate of drug-likeness (QED) is 0.513. The number of amides is 1. The van der Waals surface area contributed by atoms with Gasteiger partial charge in [0, 0.05) is 5.75 Å². The van der Waals surface area contributed by atoms with E-state index in [1.807, 2.05) is 12.1 Å². The van der Waals surface area contributed by atoms with E-state index in [-0.39, 0.29) is 18.1 Å². The molecule has 1 N–H and O–H groups in total. The average Bonchev–Trinajstić information content (AvgIpc) is 3.09. The molecule has 1 heterocycles. The third-order valence-electron chi connectivity index (χ3n) is 3.38. The predicted molar refractivity (Wildman–Crippen MR) is 99.4 cm³/mol. The highest BCUT2D eigenvalue weighted by molar-refractivity contribution is 8.00. The van der Waals surface area contributed by atoms with Crippen LogP contribution in [0, 0.1) is 17.1 Å². The van der Waals surface area contributed by atoms with Gasteiger partial charge in [-0.2, -0.15) is 5.26 Å². The molecule has 0 aliphatic carbocycles. The first kappa shape index (κ1) is 18.0. The Kier molecular flexibility index (Phi) is 5.94. The van der Waals surface area contributed by atoms with Crippen molar-refractivity contribution in [3.8, 4) is 6.07 Å². The Bertz CT molecular complexity index is 933. The molecule has 0 saturated carbocycles. The van der Waals surface area contributed by atoms with Crippen molar-refractivity contribution in [2.24, 2.45) is 0 Å². The van der Waals surface area contributed by atoms with Crippen LogP contribution < -0.4 is 5.32 Å². The third-order valence-corrected chi connectivity index (χ3v) is 5.42. The second kappa shape index (κ2) is 8.56. The van der Waals surface area contributed by atoms with Gasteiger partial charge in [0.2, 0.25) is 11.0 Å². The molecule has 0 spiro atoms. The number of carbonyl (C=O) groups excluding carboxylic acids is 1. The Labute approximate surface area is 157 Å². The monoisotopic (exact) mass is 384 g/mol. The largest absolute Gasteiger partial charge is 0.300 e. The SMILES string of the molecule is N#Cc1ccc(CSc2nnc(NC(=O)Cc3ccc(F)cc3)s2)cc1. The van der Waals surface area contributed by atoms with Gasteiger partial charge in [-0.05, 0) is 35.4 Å². The number of rotatable bonds is 6. The zero-order valence-electron chi connectivity index (χ0n) is 13.5. The number of thioether (sulfide) groups is 1. The topological polar surface area (TPSA) is 78.7 Å². The summed E-state index contributed by atoms with van der Waals surface area (Å²) in [5.74, 6) is 0.141. The summed E-state index contributed by atoms with van der Waals surface area (Å²) in [5.41, 5.74) is 2.43. The van der Waals surface area contributed by atoms with E-state index in [9.17, 15) is 9.18 Å². The van der Waals surface area contributed by atoms with Crippen LogP contribution in [-0.2, 0) is 17.0 Å². The molecule has 0 fully saturated rings. The molecule has 5 nitrogen and oxygen atoms in total. The number of halogens is 1. The number of benzene rings is 2. The van der Waals surface area contributed by atoms with Crippen molar-refractivity contribution >= 4 is 34.1 Å². The summed E-state index contributed by atoms with van der Waals surface area (Å²) in [4.78, 5) is 12.0. The van der Waals surface area contributed by atoms with E-state index in [0.29, 0.717) is 16.4 Å². The maximum Gasteiger partial charge on any atom is 0.230 e. The van der Waals surface area contributed by atoms with Gasteiger partial charge >= 0.3 is 0 Å². The highest BCUT2D eigenvalue weighted by Crippen LogP contribution is 2.28. The second-order valence-electron chi connectivity index (χ2n) is 5.32. The molecule has 0 aliphatic heterocycles. The Hall–Kier alpha value is -2.76. The number of nitrogens with one attached hydrogen (secondary N) is 1. The summed E-state index contributed by atoms with van der Waals surface area (Å²) < 4.78 is 13.6. The summed E-state index contributed by atoms with van der Waals surface area (Å²) in [6.45, 7) is 0. The highest BCUT2D eigenvalue weighted by atomic mass is 32.2. The lowest BCUT2D eigenvalue weighted by Gasteiger charge is -2.01. The fourth-order valence-electron chi connectivity index (χ4n) is 2.09. The van der Waals surface area contributed by atoms with Gasteiger partial charge in [-0.3, -0.25) is 4.79 Å². The molecule has 2 aromatic carbocycles. The van der Waals surface area contributed by atoms with E-state index in [0.717, 1.165) is 15.5 Å². The molecule has 0 atom stereocenters. The van der Waals surface area contributed by atoms with E-state index in [2.05, 4.69) is 21.6 Å². The zero-order chi connectivity index (χ0) is 18.4. The lowest BCUT2D eigenvalue weighted by Crippen LogP contribution is -2.14. The normalized spacial score (nSPS) is 10.3. The van der Waals surface area contributed by atoms with Gasteiger partial charge in [0.05, 0.1) is 18.1 Å². The molecule has 0 aliphatic rings. The molecule has 0 bridgehead atoms. The van der Waals surface area contributed by atoms with Crippen molar-refractivity contribution in [1.82, 2.24) is 10.2 Å². The molecule has 1 amide bonds. The highest BCUT2D eigenvalue weighted by Gasteiger charge is 2.10. The van der Waals surface area contributed by atoms with Crippen LogP contribution in [0.4, 0.5) is 9.52 Å². The number of nitriles is 1. The van der Waals surface area contributed by atoms with Gasteiger partial charge < -0.3 is 5.32 Å². The maximum absolute atomic E-state index is 12.9. The van der Waals surface area contributed by atoms with Gasteiger partial charge in [0.25, 0.3) is 0 Å². The summed E-state index contributed by atoms with van der Waals surface area (Å²) in [6.07, 6.45) is 0.146. The summed E-state index contributed by atoms with van der Waals surface area (Å²) in [7, 11) is 0. The number of carbonyl (C=O) groups is 1. The van der Waals surface area contributed by atoms with Crippen LogP contribution in [0.15, 0.2) is 52.9 Å². The number of nitrogens with zero attached hydrogens (tertiary/aromatic N) is 3. The molecule has 8 heteroatoms. The van der Waals surface area contributed by atoms with Crippen molar-refractivity contribution in [3.63, 3.8) is 0 Å². The van der Waals surface area contributed by atoms with Crippen molar-refractivity contribution in [3.05, 3.63) is 71.0 Å². The number of anilines is 1. The summed E-state index contributed by atoms with van der Waals surface area (Å²) in [5, 5.41) is 19.9. The Morgan fingerprint density at radius 2 is 1.81 bits per heavy atom. The third kappa shape index (κ3) is 5.12. The molecule has 130 valence electrons. The van der Waals surface area contributed by atoms with Gasteiger partial charge in [-0.15, -0.1) is 10.2 Å². The number of aromatic nitrogens is 2. The molecule has 3 aromatic rings. The van der Waals surface area contributed by atoms with Crippen molar-refractivity contribution < 1.29 is 9.18 Å². The first-order valence-corrected chi connectivity index (χ1v) is 9.42. The van der Waals surface area contributed by atoms with E-state index >= 15 is 0 Å². The first-order chi connectivity index (χ1) is 12.6. The van der Waals surface area contributed by atoms with Crippen LogP contribution in [0.2, 0.25) is 0 Å². The smallest absolute Gasteiger partial charge is 0.230 e. The van der Waals surface area contributed by atoms with Crippen LogP contribution in [-0.4, -0.2) is 16.1 Å². The van der Waals surface area contributed by atoms with E-state index in [1.54, 1.807) is 24.3 Å². The van der Waals surface area contributed by atoms with Crippen LogP contribution in [0.1, 0.15) is 16.7 Å². The molecule has 26 heavy (non-hydrogen) atoms. The molecule has 3 rings (SSSR count). The Morgan fingerprint density at radius 3 is 2.50 bits per heavy atom.